The third kappa shape index (κ3) is 1.87. The summed E-state index contributed by atoms with van der Waals surface area (Å²) in [5, 5.41) is 11.2. The first-order valence-electron chi connectivity index (χ1n) is 7.49. The molecule has 0 spiro atoms. The van der Waals surface area contributed by atoms with Crippen LogP contribution in [0.1, 0.15) is 43.5 Å². The second-order valence-electron chi connectivity index (χ2n) is 6.48. The zero-order chi connectivity index (χ0) is 11.9. The third-order valence-corrected chi connectivity index (χ3v) is 5.43. The molecule has 1 atom stereocenters. The van der Waals surface area contributed by atoms with Gasteiger partial charge in [-0.05, 0) is 37.0 Å². The molecule has 2 heterocycles. The predicted octanol–water partition coefficient (Wildman–Crippen LogP) is 1.99. The van der Waals surface area contributed by atoms with Crippen LogP contribution >= 0.6 is 0 Å². The Morgan fingerprint density at radius 2 is 1.94 bits per heavy atom. The van der Waals surface area contributed by atoms with Crippen molar-refractivity contribution in [2.75, 3.05) is 13.1 Å². The summed E-state index contributed by atoms with van der Waals surface area (Å²) in [4.78, 5) is 2.61. The number of H-pyrrole nitrogens is 1. The second-order valence-corrected chi connectivity index (χ2v) is 6.48. The van der Waals surface area contributed by atoms with Crippen LogP contribution in [0.25, 0.3) is 0 Å². The first-order valence-corrected chi connectivity index (χ1v) is 7.49. The summed E-state index contributed by atoms with van der Waals surface area (Å²) in [5.74, 6) is 3.03. The molecular formula is C14H22N4. The van der Waals surface area contributed by atoms with Crippen molar-refractivity contribution in [3.63, 3.8) is 0 Å². The van der Waals surface area contributed by atoms with E-state index in [1.165, 1.54) is 56.6 Å². The summed E-state index contributed by atoms with van der Waals surface area (Å²) >= 11 is 0. The zero-order valence-electron chi connectivity index (χ0n) is 10.9. The fraction of sp³-hybridized carbons (Fsp3) is 0.857. The molecule has 3 saturated carbocycles. The molecule has 2 bridgehead atoms. The molecule has 0 saturated heterocycles. The van der Waals surface area contributed by atoms with Gasteiger partial charge in [-0.25, -0.2) is 0 Å². The molecule has 1 aromatic rings. The van der Waals surface area contributed by atoms with Gasteiger partial charge in [-0.1, -0.05) is 12.8 Å². The molecule has 18 heavy (non-hydrogen) atoms. The lowest BCUT2D eigenvalue weighted by Crippen LogP contribution is -2.41. The Kier molecular flexibility index (Phi) is 2.64. The highest BCUT2D eigenvalue weighted by Gasteiger charge is 2.36. The maximum absolute atomic E-state index is 4.27. The normalized spacial score (nSPS) is 35.7. The highest BCUT2D eigenvalue weighted by Crippen LogP contribution is 2.45. The van der Waals surface area contributed by atoms with Gasteiger partial charge in [0.1, 0.15) is 0 Å². The van der Waals surface area contributed by atoms with Crippen LogP contribution in [-0.2, 0) is 13.0 Å². The predicted molar refractivity (Wildman–Crippen MR) is 68.9 cm³/mol. The summed E-state index contributed by atoms with van der Waals surface area (Å²) in [6.07, 6.45) is 8.58. The van der Waals surface area contributed by atoms with E-state index in [1.807, 2.05) is 0 Å². The van der Waals surface area contributed by atoms with Crippen LogP contribution in [0.2, 0.25) is 0 Å². The molecule has 1 N–H and O–H groups in total. The second kappa shape index (κ2) is 4.34. The summed E-state index contributed by atoms with van der Waals surface area (Å²) in [5.41, 5.74) is 2.37. The van der Waals surface area contributed by atoms with E-state index in [0.717, 1.165) is 30.7 Å². The van der Waals surface area contributed by atoms with Gasteiger partial charge in [0.05, 0.1) is 11.4 Å². The van der Waals surface area contributed by atoms with Crippen LogP contribution in [0.15, 0.2) is 0 Å². The lowest BCUT2D eigenvalue weighted by atomic mass is 9.64. The standard InChI is InChI=1S/C14H22N4/c1-3-11-4-2-10(1)7-12(11)8-18-6-5-13-14(9-18)16-17-15-13/h10-12H,1-9H2,(H,15,16,17). The average molecular weight is 246 g/mol. The Morgan fingerprint density at radius 3 is 2.72 bits per heavy atom. The van der Waals surface area contributed by atoms with Gasteiger partial charge in [0.2, 0.25) is 0 Å². The summed E-state index contributed by atoms with van der Waals surface area (Å²) in [6, 6.07) is 0. The largest absolute Gasteiger partial charge is 0.297 e. The van der Waals surface area contributed by atoms with E-state index in [2.05, 4.69) is 20.3 Å². The maximum Gasteiger partial charge on any atom is 0.0997 e. The SMILES string of the molecule is C1CN(CC2CC3CCC2CC3)Cc2n[nH]nc21. The zero-order valence-corrected chi connectivity index (χ0v) is 10.9. The molecule has 3 fully saturated rings. The minimum Gasteiger partial charge on any atom is -0.297 e. The van der Waals surface area contributed by atoms with Gasteiger partial charge in [0.25, 0.3) is 0 Å². The molecular weight excluding hydrogens is 224 g/mol. The van der Waals surface area contributed by atoms with Crippen molar-refractivity contribution in [2.45, 2.75) is 45.1 Å². The number of fused-ring (bicyclic) bond motifs is 4. The van der Waals surface area contributed by atoms with Gasteiger partial charge < -0.3 is 0 Å². The van der Waals surface area contributed by atoms with Crippen molar-refractivity contribution in [3.8, 4) is 0 Å². The Morgan fingerprint density at radius 1 is 1.11 bits per heavy atom. The molecule has 1 aliphatic heterocycles. The first kappa shape index (κ1) is 11.0. The fourth-order valence-corrected chi connectivity index (χ4v) is 4.38. The number of hydrogen-bond donors (Lipinski definition) is 1. The molecule has 4 heteroatoms. The number of nitrogens with zero attached hydrogens (tertiary/aromatic N) is 3. The van der Waals surface area contributed by atoms with E-state index in [1.54, 1.807) is 0 Å². The van der Waals surface area contributed by atoms with Gasteiger partial charge in [-0.15, -0.1) is 0 Å². The summed E-state index contributed by atoms with van der Waals surface area (Å²) in [6.45, 7) is 3.49. The highest BCUT2D eigenvalue weighted by molar-refractivity contribution is 5.11. The minimum absolute atomic E-state index is 0.964. The quantitative estimate of drug-likeness (QED) is 0.868. The lowest BCUT2D eigenvalue weighted by Gasteiger charge is -2.44. The van der Waals surface area contributed by atoms with E-state index in [-0.39, 0.29) is 0 Å². The topological polar surface area (TPSA) is 44.8 Å². The Balaban J connectivity index is 1.41. The van der Waals surface area contributed by atoms with E-state index in [0.29, 0.717) is 0 Å². The molecule has 98 valence electrons. The van der Waals surface area contributed by atoms with Crippen LogP contribution in [0.5, 0.6) is 0 Å². The number of nitrogens with one attached hydrogen (secondary N) is 1. The van der Waals surface area contributed by atoms with E-state index in [9.17, 15) is 0 Å². The average Bonchev–Trinajstić information content (AvgIpc) is 2.87. The molecule has 1 aromatic heterocycles. The van der Waals surface area contributed by atoms with Crippen LogP contribution in [0.3, 0.4) is 0 Å². The monoisotopic (exact) mass is 246 g/mol. The molecule has 4 nitrogen and oxygen atoms in total. The Labute approximate surface area is 108 Å². The van der Waals surface area contributed by atoms with E-state index in [4.69, 9.17) is 0 Å². The molecule has 3 aliphatic carbocycles. The van der Waals surface area contributed by atoms with Crippen LogP contribution in [0, 0.1) is 17.8 Å². The van der Waals surface area contributed by atoms with Crippen molar-refractivity contribution in [1.29, 1.82) is 0 Å². The maximum atomic E-state index is 4.27. The smallest absolute Gasteiger partial charge is 0.0997 e. The fourth-order valence-electron chi connectivity index (χ4n) is 4.38. The van der Waals surface area contributed by atoms with Crippen molar-refractivity contribution in [1.82, 2.24) is 20.3 Å². The minimum atomic E-state index is 0.964. The molecule has 1 unspecified atom stereocenters. The van der Waals surface area contributed by atoms with Crippen LogP contribution in [-0.4, -0.2) is 33.4 Å². The van der Waals surface area contributed by atoms with Gasteiger partial charge in [0, 0.05) is 26.1 Å². The summed E-state index contributed by atoms with van der Waals surface area (Å²) < 4.78 is 0. The lowest BCUT2D eigenvalue weighted by molar-refractivity contribution is 0.0622. The van der Waals surface area contributed by atoms with Crippen molar-refractivity contribution >= 4 is 0 Å². The molecule has 0 aromatic carbocycles. The molecule has 0 radical (unpaired) electrons. The number of rotatable bonds is 2. The van der Waals surface area contributed by atoms with Gasteiger partial charge >= 0.3 is 0 Å². The van der Waals surface area contributed by atoms with E-state index < -0.39 is 0 Å². The van der Waals surface area contributed by atoms with Crippen molar-refractivity contribution < 1.29 is 0 Å². The number of hydrogen-bond acceptors (Lipinski definition) is 3. The third-order valence-electron chi connectivity index (χ3n) is 5.43. The molecule has 5 rings (SSSR count). The first-order chi connectivity index (χ1) is 8.88. The van der Waals surface area contributed by atoms with Crippen molar-refractivity contribution in [3.05, 3.63) is 11.4 Å². The highest BCUT2D eigenvalue weighted by atomic mass is 15.3. The van der Waals surface area contributed by atoms with Crippen molar-refractivity contribution in [2.24, 2.45) is 17.8 Å². The summed E-state index contributed by atoms with van der Waals surface area (Å²) in [7, 11) is 0. The Hall–Kier alpha value is -0.900. The van der Waals surface area contributed by atoms with Crippen LogP contribution < -0.4 is 0 Å². The van der Waals surface area contributed by atoms with Gasteiger partial charge in [0.15, 0.2) is 0 Å². The van der Waals surface area contributed by atoms with Gasteiger partial charge in [-0.3, -0.25) is 4.90 Å². The number of aromatic amines is 1. The molecule has 4 aliphatic rings. The Bertz CT molecular complexity index is 419. The van der Waals surface area contributed by atoms with Crippen LogP contribution in [0.4, 0.5) is 0 Å². The molecule has 0 amide bonds. The number of aromatic nitrogens is 3. The van der Waals surface area contributed by atoms with Gasteiger partial charge in [-0.2, -0.15) is 15.4 Å². The van der Waals surface area contributed by atoms with E-state index >= 15 is 0 Å².